The van der Waals surface area contributed by atoms with Crippen molar-refractivity contribution in [3.8, 4) is 5.69 Å². The molecular formula is C26H19FN6O4. The summed E-state index contributed by atoms with van der Waals surface area (Å²) in [6, 6.07) is 18.5. The molecule has 37 heavy (non-hydrogen) atoms. The highest BCUT2D eigenvalue weighted by Gasteiger charge is 2.20. The number of aromatic amines is 1. The lowest BCUT2D eigenvalue weighted by molar-refractivity contribution is -0.384. The van der Waals surface area contributed by atoms with Crippen LogP contribution in [-0.2, 0) is 6.42 Å². The maximum Gasteiger partial charge on any atom is 0.294 e. The molecule has 0 spiro atoms. The van der Waals surface area contributed by atoms with Gasteiger partial charge in [-0.05, 0) is 42.8 Å². The molecule has 0 aliphatic carbocycles. The largest absolute Gasteiger partial charge is 0.342 e. The molecule has 2 N–H and O–H groups in total. The van der Waals surface area contributed by atoms with E-state index in [1.165, 1.54) is 35.0 Å². The van der Waals surface area contributed by atoms with Crippen LogP contribution < -0.4 is 10.7 Å². The normalized spacial score (nSPS) is 11.0. The summed E-state index contributed by atoms with van der Waals surface area (Å²) in [5.74, 6) is -0.549. The van der Waals surface area contributed by atoms with E-state index in [4.69, 9.17) is 0 Å². The Hall–Kier alpha value is -5.19. The van der Waals surface area contributed by atoms with Crippen LogP contribution in [0.25, 0.3) is 16.7 Å². The van der Waals surface area contributed by atoms with Gasteiger partial charge in [0, 0.05) is 29.9 Å². The van der Waals surface area contributed by atoms with E-state index in [9.17, 15) is 24.1 Å². The SMILES string of the molecule is Cc1cc(=O)c(C(=O)Nc2ccc3nc(Cc4ccccc4F)[nH]c3c2)nn1-c1ccccc1[N+](=O)[O-]. The van der Waals surface area contributed by atoms with Crippen LogP contribution in [-0.4, -0.2) is 30.6 Å². The molecule has 5 aromatic rings. The molecule has 5 rings (SSSR count). The zero-order chi connectivity index (χ0) is 26.1. The first kappa shape index (κ1) is 23.5. The van der Waals surface area contributed by atoms with E-state index in [0.717, 1.165) is 0 Å². The van der Waals surface area contributed by atoms with Gasteiger partial charge in [-0.1, -0.05) is 30.3 Å². The van der Waals surface area contributed by atoms with Gasteiger partial charge in [0.25, 0.3) is 11.6 Å². The van der Waals surface area contributed by atoms with Crippen LogP contribution in [0.1, 0.15) is 27.6 Å². The van der Waals surface area contributed by atoms with Gasteiger partial charge in [-0.2, -0.15) is 5.10 Å². The van der Waals surface area contributed by atoms with Crippen LogP contribution in [0.2, 0.25) is 0 Å². The average Bonchev–Trinajstić information content (AvgIpc) is 3.27. The molecule has 0 aliphatic rings. The van der Waals surface area contributed by atoms with Crippen molar-refractivity contribution in [2.45, 2.75) is 13.3 Å². The minimum absolute atomic E-state index is 0.125. The van der Waals surface area contributed by atoms with Crippen LogP contribution in [0.4, 0.5) is 15.8 Å². The fourth-order valence-electron chi connectivity index (χ4n) is 3.98. The lowest BCUT2D eigenvalue weighted by atomic mass is 10.1. The van der Waals surface area contributed by atoms with Gasteiger partial charge >= 0.3 is 0 Å². The Morgan fingerprint density at radius 2 is 1.86 bits per heavy atom. The maximum atomic E-state index is 14.0. The number of fused-ring (bicyclic) bond motifs is 1. The topological polar surface area (TPSA) is 136 Å². The number of nitrogens with one attached hydrogen (secondary N) is 2. The number of amides is 1. The summed E-state index contributed by atoms with van der Waals surface area (Å²) in [6.07, 6.45) is 0.265. The van der Waals surface area contributed by atoms with Crippen molar-refractivity contribution in [2.75, 3.05) is 5.32 Å². The minimum atomic E-state index is -0.775. The van der Waals surface area contributed by atoms with E-state index < -0.39 is 22.0 Å². The molecule has 10 nitrogen and oxygen atoms in total. The number of carbonyl (C=O) groups excluding carboxylic acids is 1. The maximum absolute atomic E-state index is 14.0. The van der Waals surface area contributed by atoms with Gasteiger partial charge in [-0.3, -0.25) is 19.7 Å². The molecule has 11 heteroatoms. The van der Waals surface area contributed by atoms with Crippen LogP contribution in [0.5, 0.6) is 0 Å². The molecule has 2 heterocycles. The van der Waals surface area contributed by atoms with Gasteiger partial charge in [0.2, 0.25) is 5.43 Å². The van der Waals surface area contributed by atoms with E-state index in [-0.39, 0.29) is 23.6 Å². The first-order valence-corrected chi connectivity index (χ1v) is 11.2. The number of para-hydroxylation sites is 2. The number of aryl methyl sites for hydroxylation is 1. The molecule has 184 valence electrons. The summed E-state index contributed by atoms with van der Waals surface area (Å²) >= 11 is 0. The number of hydrogen-bond acceptors (Lipinski definition) is 6. The number of hydrogen-bond donors (Lipinski definition) is 2. The number of nitro benzene ring substituents is 1. The lowest BCUT2D eigenvalue weighted by Gasteiger charge is -2.11. The van der Waals surface area contributed by atoms with E-state index in [1.54, 1.807) is 49.4 Å². The molecule has 0 bridgehead atoms. The van der Waals surface area contributed by atoms with Gasteiger partial charge < -0.3 is 10.3 Å². The second-order valence-electron chi connectivity index (χ2n) is 8.29. The number of rotatable bonds is 6. The number of carbonyl (C=O) groups is 1. The second kappa shape index (κ2) is 9.46. The molecule has 0 aliphatic heterocycles. The summed E-state index contributed by atoms with van der Waals surface area (Å²) in [7, 11) is 0. The number of halogens is 1. The summed E-state index contributed by atoms with van der Waals surface area (Å²) in [5, 5.41) is 18.2. The fourth-order valence-corrected chi connectivity index (χ4v) is 3.98. The molecule has 3 aromatic carbocycles. The fraction of sp³-hybridized carbons (Fsp3) is 0.0769. The molecule has 0 radical (unpaired) electrons. The zero-order valence-electron chi connectivity index (χ0n) is 19.4. The Bertz CT molecular complexity index is 1740. The van der Waals surface area contributed by atoms with Gasteiger partial charge in [-0.25, -0.2) is 14.1 Å². The van der Waals surface area contributed by atoms with Crippen LogP contribution in [0, 0.1) is 22.9 Å². The highest BCUT2D eigenvalue weighted by molar-refractivity contribution is 6.03. The Kier molecular flexibility index (Phi) is 6.02. The third kappa shape index (κ3) is 4.69. The molecular weight excluding hydrogens is 479 g/mol. The predicted molar refractivity (Wildman–Crippen MR) is 134 cm³/mol. The number of imidazole rings is 1. The van der Waals surface area contributed by atoms with Crippen molar-refractivity contribution in [3.05, 3.63) is 122 Å². The molecule has 0 fully saturated rings. The van der Waals surface area contributed by atoms with E-state index in [1.807, 2.05) is 0 Å². The van der Waals surface area contributed by atoms with Crippen molar-refractivity contribution in [1.82, 2.24) is 19.7 Å². The summed E-state index contributed by atoms with van der Waals surface area (Å²) < 4.78 is 15.2. The van der Waals surface area contributed by atoms with Crippen LogP contribution in [0.3, 0.4) is 0 Å². The second-order valence-corrected chi connectivity index (χ2v) is 8.29. The summed E-state index contributed by atoms with van der Waals surface area (Å²) in [6.45, 7) is 1.57. The van der Waals surface area contributed by atoms with Crippen LogP contribution in [0.15, 0.2) is 77.6 Å². The minimum Gasteiger partial charge on any atom is -0.342 e. The molecule has 1 amide bonds. The number of nitro groups is 1. The lowest BCUT2D eigenvalue weighted by Crippen LogP contribution is -2.27. The standard InChI is InChI=1S/C26H19FN6O4/c1-15-12-23(34)25(31-32(15)21-8-4-5-9-22(21)33(36)37)26(35)28-17-10-11-19-20(14-17)30-24(29-19)13-16-6-2-3-7-18(16)27/h2-12,14H,13H2,1H3,(H,28,35)(H,29,30). The Labute approximate surface area is 208 Å². The van der Waals surface area contributed by atoms with Crippen LogP contribution >= 0.6 is 0 Å². The Morgan fingerprint density at radius 3 is 2.65 bits per heavy atom. The third-order valence-electron chi connectivity index (χ3n) is 5.73. The van der Waals surface area contributed by atoms with Gasteiger partial charge in [-0.15, -0.1) is 0 Å². The van der Waals surface area contributed by atoms with Crippen molar-refractivity contribution in [1.29, 1.82) is 0 Å². The quantitative estimate of drug-likeness (QED) is 0.265. The monoisotopic (exact) mass is 498 g/mol. The molecule has 0 atom stereocenters. The first-order chi connectivity index (χ1) is 17.8. The predicted octanol–water partition coefficient (Wildman–Crippen LogP) is 4.31. The third-order valence-corrected chi connectivity index (χ3v) is 5.73. The van der Waals surface area contributed by atoms with Crippen molar-refractivity contribution < 1.29 is 14.1 Å². The van der Waals surface area contributed by atoms with E-state index >= 15 is 0 Å². The molecule has 0 unspecified atom stereocenters. The number of benzene rings is 3. The highest BCUT2D eigenvalue weighted by atomic mass is 19.1. The van der Waals surface area contributed by atoms with E-state index in [2.05, 4.69) is 20.4 Å². The summed E-state index contributed by atoms with van der Waals surface area (Å²) in [4.78, 5) is 44.0. The smallest absolute Gasteiger partial charge is 0.294 e. The molecule has 0 saturated heterocycles. The van der Waals surface area contributed by atoms with Crippen molar-refractivity contribution in [2.24, 2.45) is 0 Å². The zero-order valence-corrected chi connectivity index (χ0v) is 19.4. The number of anilines is 1. The summed E-state index contributed by atoms with van der Waals surface area (Å²) in [5.41, 5.74) is 1.29. The van der Waals surface area contributed by atoms with Gasteiger partial charge in [0.05, 0.1) is 16.0 Å². The van der Waals surface area contributed by atoms with Crippen molar-refractivity contribution in [3.63, 3.8) is 0 Å². The van der Waals surface area contributed by atoms with Gasteiger partial charge in [0.15, 0.2) is 5.69 Å². The van der Waals surface area contributed by atoms with Gasteiger partial charge in [0.1, 0.15) is 17.3 Å². The Morgan fingerprint density at radius 1 is 1.11 bits per heavy atom. The number of nitrogens with zero attached hydrogens (tertiary/aromatic N) is 4. The molecule has 0 saturated carbocycles. The first-order valence-electron chi connectivity index (χ1n) is 11.2. The van der Waals surface area contributed by atoms with E-state index in [0.29, 0.717) is 33.8 Å². The average molecular weight is 498 g/mol. The van der Waals surface area contributed by atoms with Crippen molar-refractivity contribution >= 4 is 28.3 Å². The number of H-pyrrole nitrogens is 1. The number of aromatic nitrogens is 4. The Balaban J connectivity index is 1.43. The highest BCUT2D eigenvalue weighted by Crippen LogP contribution is 2.23. The molecule has 2 aromatic heterocycles.